The van der Waals surface area contributed by atoms with Crippen LogP contribution in [0.1, 0.15) is 11.1 Å². The van der Waals surface area contributed by atoms with Crippen LogP contribution in [0.3, 0.4) is 0 Å². The van der Waals surface area contributed by atoms with Gasteiger partial charge in [-0.25, -0.2) is 0 Å². The zero-order valence-electron chi connectivity index (χ0n) is 10.3. The van der Waals surface area contributed by atoms with E-state index < -0.39 is 0 Å². The molecule has 0 fully saturated rings. The highest BCUT2D eigenvalue weighted by Gasteiger charge is 2.06. The van der Waals surface area contributed by atoms with Gasteiger partial charge in [0.1, 0.15) is 5.75 Å². The fourth-order valence-corrected chi connectivity index (χ4v) is 2.24. The molecule has 0 aliphatic rings. The fraction of sp³-hybridized carbons (Fsp3) is 0.214. The maximum Gasteiger partial charge on any atom is 0.253 e. The first-order valence-electron chi connectivity index (χ1n) is 5.60. The molecule has 0 N–H and O–H groups in total. The van der Waals surface area contributed by atoms with Crippen molar-refractivity contribution >= 4 is 15.9 Å². The van der Waals surface area contributed by atoms with Gasteiger partial charge in [-0.15, -0.1) is 0 Å². The van der Waals surface area contributed by atoms with Gasteiger partial charge >= 0.3 is 0 Å². The maximum absolute atomic E-state index is 12.0. The average molecular weight is 308 g/mol. The molecule has 0 unspecified atom stereocenters. The summed E-state index contributed by atoms with van der Waals surface area (Å²) in [5.74, 6) is 0.784. The molecule has 94 valence electrons. The molecular weight excluding hydrogens is 294 g/mol. The normalized spacial score (nSPS) is 10.4. The van der Waals surface area contributed by atoms with Crippen LogP contribution >= 0.6 is 15.9 Å². The first-order chi connectivity index (χ1) is 8.61. The van der Waals surface area contributed by atoms with Crippen LogP contribution in [0.4, 0.5) is 0 Å². The Morgan fingerprint density at radius 2 is 2.11 bits per heavy atom. The molecule has 0 saturated heterocycles. The van der Waals surface area contributed by atoms with Gasteiger partial charge in [-0.3, -0.25) is 4.79 Å². The third kappa shape index (κ3) is 2.64. The number of hydrogen-bond donors (Lipinski definition) is 0. The molecule has 0 saturated carbocycles. The number of halogens is 1. The van der Waals surface area contributed by atoms with E-state index in [1.165, 1.54) is 0 Å². The molecule has 0 atom stereocenters. The maximum atomic E-state index is 12.0. The van der Waals surface area contributed by atoms with E-state index in [0.29, 0.717) is 6.54 Å². The Labute approximate surface area is 114 Å². The van der Waals surface area contributed by atoms with Crippen LogP contribution in [0.5, 0.6) is 5.75 Å². The van der Waals surface area contributed by atoms with Gasteiger partial charge < -0.3 is 9.30 Å². The van der Waals surface area contributed by atoms with Gasteiger partial charge in [0.2, 0.25) is 0 Å². The van der Waals surface area contributed by atoms with Gasteiger partial charge in [0, 0.05) is 21.8 Å². The number of nitrogens with zero attached hydrogens (tertiary/aromatic N) is 1. The fourth-order valence-electron chi connectivity index (χ4n) is 1.84. The van der Waals surface area contributed by atoms with Gasteiger partial charge in [0.05, 0.1) is 13.7 Å². The lowest BCUT2D eigenvalue weighted by atomic mass is 10.2. The number of methoxy groups -OCH3 is 1. The third-order valence-electron chi connectivity index (χ3n) is 2.79. The molecule has 1 aromatic heterocycles. The van der Waals surface area contributed by atoms with Gasteiger partial charge in [0.15, 0.2) is 0 Å². The summed E-state index contributed by atoms with van der Waals surface area (Å²) < 4.78 is 7.96. The molecule has 0 radical (unpaired) electrons. The predicted octanol–water partition coefficient (Wildman–Crippen LogP) is 2.98. The van der Waals surface area contributed by atoms with Crippen LogP contribution in [-0.4, -0.2) is 11.7 Å². The Balaban J connectivity index is 2.42. The van der Waals surface area contributed by atoms with Crippen molar-refractivity contribution in [2.75, 3.05) is 7.11 Å². The lowest BCUT2D eigenvalue weighted by Gasteiger charge is -2.11. The molecule has 0 aliphatic carbocycles. The van der Waals surface area contributed by atoms with E-state index in [1.807, 2.05) is 37.3 Å². The minimum Gasteiger partial charge on any atom is -0.496 e. The number of benzene rings is 1. The van der Waals surface area contributed by atoms with E-state index in [1.54, 1.807) is 17.9 Å². The van der Waals surface area contributed by atoms with Gasteiger partial charge in [-0.05, 0) is 31.2 Å². The van der Waals surface area contributed by atoms with Crippen molar-refractivity contribution in [1.29, 1.82) is 0 Å². The van der Waals surface area contributed by atoms with Gasteiger partial charge in [0.25, 0.3) is 5.56 Å². The first kappa shape index (κ1) is 12.9. The number of pyridine rings is 1. The highest BCUT2D eigenvalue weighted by molar-refractivity contribution is 9.10. The van der Waals surface area contributed by atoms with Crippen LogP contribution in [0.15, 0.2) is 45.8 Å². The van der Waals surface area contributed by atoms with Crippen molar-refractivity contribution in [3.8, 4) is 5.75 Å². The molecule has 18 heavy (non-hydrogen) atoms. The zero-order chi connectivity index (χ0) is 13.1. The summed E-state index contributed by atoms with van der Waals surface area (Å²) in [6, 6.07) is 9.47. The van der Waals surface area contributed by atoms with Crippen molar-refractivity contribution in [3.63, 3.8) is 0 Å². The quantitative estimate of drug-likeness (QED) is 0.873. The van der Waals surface area contributed by atoms with Crippen molar-refractivity contribution in [3.05, 3.63) is 62.5 Å². The second-order valence-electron chi connectivity index (χ2n) is 4.08. The van der Waals surface area contributed by atoms with Crippen LogP contribution in [-0.2, 0) is 6.54 Å². The number of rotatable bonds is 3. The molecule has 3 nitrogen and oxygen atoms in total. The van der Waals surface area contributed by atoms with E-state index >= 15 is 0 Å². The summed E-state index contributed by atoms with van der Waals surface area (Å²) in [6.45, 7) is 2.32. The van der Waals surface area contributed by atoms with E-state index in [9.17, 15) is 4.79 Å². The molecule has 0 spiro atoms. The number of hydrogen-bond acceptors (Lipinski definition) is 2. The third-order valence-corrected chi connectivity index (χ3v) is 3.29. The lowest BCUT2D eigenvalue weighted by molar-refractivity contribution is 0.408. The molecule has 0 bridgehead atoms. The summed E-state index contributed by atoms with van der Waals surface area (Å²) in [4.78, 5) is 12.0. The molecule has 1 aromatic carbocycles. The van der Waals surface area contributed by atoms with Crippen LogP contribution in [0, 0.1) is 6.92 Å². The van der Waals surface area contributed by atoms with Gasteiger partial charge in [-0.1, -0.05) is 22.0 Å². The molecular formula is C14H14BrNO2. The average Bonchev–Trinajstić information content (AvgIpc) is 2.35. The molecule has 0 aliphatic heterocycles. The zero-order valence-corrected chi connectivity index (χ0v) is 11.9. The standard InChI is InChI=1S/C14H14BrNO2/c1-10-4-3-7-16(14(10)17)9-11-8-12(15)5-6-13(11)18-2/h3-8H,9H2,1-2H3. The van der Waals surface area contributed by atoms with E-state index in [4.69, 9.17) is 4.74 Å². The molecule has 2 aromatic rings. The molecule has 1 heterocycles. The molecule has 4 heteroatoms. The van der Waals surface area contributed by atoms with E-state index in [-0.39, 0.29) is 5.56 Å². The Morgan fingerprint density at radius 3 is 2.83 bits per heavy atom. The molecule has 0 amide bonds. The smallest absolute Gasteiger partial charge is 0.253 e. The predicted molar refractivity (Wildman–Crippen MR) is 75.2 cm³/mol. The van der Waals surface area contributed by atoms with Gasteiger partial charge in [-0.2, -0.15) is 0 Å². The Kier molecular flexibility index (Phi) is 3.87. The number of ether oxygens (including phenoxy) is 1. The van der Waals surface area contributed by atoms with Crippen molar-refractivity contribution in [1.82, 2.24) is 4.57 Å². The minimum absolute atomic E-state index is 0.0273. The second kappa shape index (κ2) is 5.40. The summed E-state index contributed by atoms with van der Waals surface area (Å²) in [7, 11) is 1.63. The van der Waals surface area contributed by atoms with E-state index in [0.717, 1.165) is 21.3 Å². The summed E-state index contributed by atoms with van der Waals surface area (Å²) in [5.41, 5.74) is 1.74. The topological polar surface area (TPSA) is 31.2 Å². The van der Waals surface area contributed by atoms with E-state index in [2.05, 4.69) is 15.9 Å². The summed E-state index contributed by atoms with van der Waals surface area (Å²) in [6.07, 6.45) is 1.79. The number of aromatic nitrogens is 1. The summed E-state index contributed by atoms with van der Waals surface area (Å²) >= 11 is 3.43. The minimum atomic E-state index is 0.0273. The van der Waals surface area contributed by atoms with Crippen molar-refractivity contribution < 1.29 is 4.74 Å². The Bertz CT molecular complexity index is 619. The largest absolute Gasteiger partial charge is 0.496 e. The second-order valence-corrected chi connectivity index (χ2v) is 5.00. The monoisotopic (exact) mass is 307 g/mol. The highest BCUT2D eigenvalue weighted by atomic mass is 79.9. The number of aryl methyl sites for hydroxylation is 1. The Hall–Kier alpha value is -1.55. The van der Waals surface area contributed by atoms with Crippen LogP contribution < -0.4 is 10.3 Å². The first-order valence-corrected chi connectivity index (χ1v) is 6.39. The van der Waals surface area contributed by atoms with Crippen molar-refractivity contribution in [2.24, 2.45) is 0 Å². The van der Waals surface area contributed by atoms with Crippen LogP contribution in [0.2, 0.25) is 0 Å². The van der Waals surface area contributed by atoms with Crippen LogP contribution in [0.25, 0.3) is 0 Å². The lowest BCUT2D eigenvalue weighted by Crippen LogP contribution is -2.21. The molecule has 2 rings (SSSR count). The SMILES string of the molecule is COc1ccc(Br)cc1Cn1cccc(C)c1=O. The van der Waals surface area contributed by atoms with Crippen molar-refractivity contribution in [2.45, 2.75) is 13.5 Å². The Morgan fingerprint density at radius 1 is 1.33 bits per heavy atom. The summed E-state index contributed by atoms with van der Waals surface area (Å²) in [5, 5.41) is 0. The highest BCUT2D eigenvalue weighted by Crippen LogP contribution is 2.23.